The van der Waals surface area contributed by atoms with E-state index in [1.807, 2.05) is 30.5 Å². The van der Waals surface area contributed by atoms with Crippen LogP contribution < -0.4 is 11.1 Å². The molecule has 1 unspecified atom stereocenters. The van der Waals surface area contributed by atoms with Gasteiger partial charge in [0.25, 0.3) is 5.91 Å². The fraction of sp³-hybridized carbons (Fsp3) is 0.292. The van der Waals surface area contributed by atoms with E-state index in [4.69, 9.17) is 10.7 Å². The van der Waals surface area contributed by atoms with Crippen LogP contribution in [0.25, 0.3) is 11.1 Å². The van der Waals surface area contributed by atoms with Gasteiger partial charge in [0.05, 0.1) is 6.04 Å². The van der Waals surface area contributed by atoms with Crippen molar-refractivity contribution in [1.29, 1.82) is 0 Å². The van der Waals surface area contributed by atoms with Crippen molar-refractivity contribution in [2.75, 3.05) is 24.6 Å². The number of amides is 1. The van der Waals surface area contributed by atoms with Crippen molar-refractivity contribution in [2.45, 2.75) is 31.7 Å². The molecule has 0 bridgehead atoms. The molecule has 3 aromatic rings. The van der Waals surface area contributed by atoms with E-state index in [0.717, 1.165) is 35.6 Å². The molecule has 0 radical (unpaired) electrons. The number of imidazole rings is 1. The summed E-state index contributed by atoms with van der Waals surface area (Å²) >= 11 is 0. The van der Waals surface area contributed by atoms with Crippen LogP contribution in [0.4, 0.5) is 11.6 Å². The summed E-state index contributed by atoms with van der Waals surface area (Å²) in [7, 11) is 2.14. The standard InChI is InChI=1S/C24H26N8O/c1-31-13-3-2-7-18(31)23-30-20(21-22(25)27-12-14-32(21)23)16-5-4-6-17(9-8-16)24(33)29-19-10-11-26-15-28-19/h4-5,8-12,14-15,18H,2-3,6-7,13H2,1H3,(H2,25,27)(H,26,28,29,33). The van der Waals surface area contributed by atoms with Gasteiger partial charge >= 0.3 is 0 Å². The van der Waals surface area contributed by atoms with Gasteiger partial charge in [-0.25, -0.2) is 19.9 Å². The normalized spacial score (nSPS) is 19.1. The molecule has 1 atom stereocenters. The number of fused-ring (bicyclic) bond motifs is 1. The molecule has 1 amide bonds. The number of carbonyl (C=O) groups excluding carboxylic acids is 1. The maximum absolute atomic E-state index is 12.7. The molecule has 4 heterocycles. The predicted molar refractivity (Wildman–Crippen MR) is 127 cm³/mol. The summed E-state index contributed by atoms with van der Waals surface area (Å²) in [6, 6.07) is 1.88. The summed E-state index contributed by atoms with van der Waals surface area (Å²) < 4.78 is 2.07. The zero-order valence-corrected chi connectivity index (χ0v) is 18.5. The minimum atomic E-state index is -0.198. The average molecular weight is 443 g/mol. The number of hydrogen-bond donors (Lipinski definition) is 2. The summed E-state index contributed by atoms with van der Waals surface area (Å²) in [5, 5.41) is 2.81. The number of allylic oxidation sites excluding steroid dienone is 5. The predicted octanol–water partition coefficient (Wildman–Crippen LogP) is 3.17. The molecule has 33 heavy (non-hydrogen) atoms. The van der Waals surface area contributed by atoms with Gasteiger partial charge in [-0.2, -0.15) is 0 Å². The fourth-order valence-corrected chi connectivity index (χ4v) is 4.44. The van der Waals surface area contributed by atoms with Crippen molar-refractivity contribution >= 4 is 28.6 Å². The van der Waals surface area contributed by atoms with E-state index in [1.54, 1.807) is 18.5 Å². The summed E-state index contributed by atoms with van der Waals surface area (Å²) in [4.78, 5) is 32.4. The Labute approximate surface area is 191 Å². The third kappa shape index (κ3) is 4.14. The highest BCUT2D eigenvalue weighted by atomic mass is 16.1. The lowest BCUT2D eigenvalue weighted by Crippen LogP contribution is -2.30. The summed E-state index contributed by atoms with van der Waals surface area (Å²) in [6.45, 7) is 1.05. The number of nitrogens with one attached hydrogen (secondary N) is 1. The molecule has 1 fully saturated rings. The van der Waals surface area contributed by atoms with Gasteiger partial charge < -0.3 is 11.1 Å². The summed E-state index contributed by atoms with van der Waals surface area (Å²) in [5.41, 5.74) is 9.40. The van der Waals surface area contributed by atoms with E-state index in [0.29, 0.717) is 23.6 Å². The minimum absolute atomic E-state index is 0.198. The highest BCUT2D eigenvalue weighted by molar-refractivity contribution is 6.04. The van der Waals surface area contributed by atoms with Gasteiger partial charge in [-0.15, -0.1) is 0 Å². The summed E-state index contributed by atoms with van der Waals surface area (Å²) in [5.74, 6) is 1.68. The van der Waals surface area contributed by atoms with Gasteiger partial charge in [-0.05, 0) is 38.9 Å². The Morgan fingerprint density at radius 3 is 2.94 bits per heavy atom. The molecule has 0 spiro atoms. The van der Waals surface area contributed by atoms with Crippen LogP contribution in [0.3, 0.4) is 0 Å². The van der Waals surface area contributed by atoms with Crippen LogP contribution in [0.1, 0.15) is 43.2 Å². The van der Waals surface area contributed by atoms with Gasteiger partial charge in [0, 0.05) is 29.7 Å². The van der Waals surface area contributed by atoms with Crippen LogP contribution >= 0.6 is 0 Å². The first kappa shape index (κ1) is 21.0. The Morgan fingerprint density at radius 1 is 1.21 bits per heavy atom. The van der Waals surface area contributed by atoms with Crippen LogP contribution in [-0.4, -0.2) is 48.7 Å². The van der Waals surface area contributed by atoms with Gasteiger partial charge in [0.2, 0.25) is 0 Å². The number of anilines is 2. The lowest BCUT2D eigenvalue weighted by atomic mass is 10.0. The Morgan fingerprint density at radius 2 is 2.12 bits per heavy atom. The molecule has 3 N–H and O–H groups in total. The molecule has 0 saturated carbocycles. The number of nitrogens with two attached hydrogens (primary N) is 1. The first-order valence-electron chi connectivity index (χ1n) is 11.1. The third-order valence-electron chi connectivity index (χ3n) is 6.17. The van der Waals surface area contributed by atoms with Crippen molar-refractivity contribution < 1.29 is 4.79 Å². The zero-order chi connectivity index (χ0) is 22.8. The summed E-state index contributed by atoms with van der Waals surface area (Å²) in [6.07, 6.45) is 18.3. The second kappa shape index (κ2) is 8.95. The fourth-order valence-electron chi connectivity index (χ4n) is 4.44. The molecule has 1 saturated heterocycles. The molecular formula is C24H26N8O. The quantitative estimate of drug-likeness (QED) is 0.638. The van der Waals surface area contributed by atoms with Gasteiger partial charge in [0.15, 0.2) is 0 Å². The number of rotatable bonds is 4. The molecule has 168 valence electrons. The second-order valence-electron chi connectivity index (χ2n) is 8.31. The van der Waals surface area contributed by atoms with Gasteiger partial charge in [-0.3, -0.25) is 14.1 Å². The molecule has 9 nitrogen and oxygen atoms in total. The van der Waals surface area contributed by atoms with Crippen LogP contribution in [-0.2, 0) is 4.79 Å². The SMILES string of the molecule is CN1CCCCC1c1nc(C2=CC=C(C(=O)Nc3ccncn3)CC=C2)c2c(N)nccn12. The number of piperidine rings is 1. The highest BCUT2D eigenvalue weighted by Gasteiger charge is 2.27. The smallest absolute Gasteiger partial charge is 0.253 e. The van der Waals surface area contributed by atoms with Crippen LogP contribution in [0.2, 0.25) is 0 Å². The number of hydrogen-bond acceptors (Lipinski definition) is 7. The second-order valence-corrected chi connectivity index (χ2v) is 8.31. The Hall–Kier alpha value is -3.85. The zero-order valence-electron chi connectivity index (χ0n) is 18.5. The number of nitrogen functional groups attached to an aromatic ring is 1. The Balaban J connectivity index is 1.51. The van der Waals surface area contributed by atoms with Crippen molar-refractivity contribution in [3.8, 4) is 0 Å². The Kier molecular flexibility index (Phi) is 5.70. The monoisotopic (exact) mass is 442 g/mol. The molecule has 2 aliphatic rings. The van der Waals surface area contributed by atoms with Gasteiger partial charge in [0.1, 0.15) is 35.0 Å². The largest absolute Gasteiger partial charge is 0.382 e. The molecule has 9 heteroatoms. The molecule has 3 aromatic heterocycles. The van der Waals surface area contributed by atoms with E-state index < -0.39 is 0 Å². The van der Waals surface area contributed by atoms with E-state index in [2.05, 4.69) is 36.6 Å². The van der Waals surface area contributed by atoms with E-state index >= 15 is 0 Å². The minimum Gasteiger partial charge on any atom is -0.382 e. The van der Waals surface area contributed by atoms with Crippen LogP contribution in [0, 0.1) is 0 Å². The average Bonchev–Trinajstić information content (AvgIpc) is 3.04. The lowest BCUT2D eigenvalue weighted by Gasteiger charge is -2.31. The molecular weight excluding hydrogens is 416 g/mol. The van der Waals surface area contributed by atoms with E-state index in [-0.39, 0.29) is 11.9 Å². The van der Waals surface area contributed by atoms with Crippen molar-refractivity contribution in [3.63, 3.8) is 0 Å². The van der Waals surface area contributed by atoms with Crippen LogP contribution in [0.15, 0.2) is 60.9 Å². The third-order valence-corrected chi connectivity index (χ3v) is 6.17. The molecule has 1 aliphatic heterocycles. The highest BCUT2D eigenvalue weighted by Crippen LogP contribution is 2.34. The van der Waals surface area contributed by atoms with Crippen molar-refractivity contribution in [3.05, 3.63) is 72.4 Å². The van der Waals surface area contributed by atoms with E-state index in [1.165, 1.54) is 19.2 Å². The maximum atomic E-state index is 12.7. The maximum Gasteiger partial charge on any atom is 0.253 e. The number of likely N-dealkylation sites (tertiary alicyclic amines) is 1. The number of carbonyl (C=O) groups is 1. The van der Waals surface area contributed by atoms with E-state index in [9.17, 15) is 4.79 Å². The van der Waals surface area contributed by atoms with Crippen molar-refractivity contribution in [2.24, 2.45) is 0 Å². The molecule has 5 rings (SSSR count). The Bertz CT molecular complexity index is 1270. The topological polar surface area (TPSA) is 114 Å². The number of aromatic nitrogens is 5. The lowest BCUT2D eigenvalue weighted by molar-refractivity contribution is -0.112. The number of nitrogens with zero attached hydrogens (tertiary/aromatic N) is 6. The van der Waals surface area contributed by atoms with Gasteiger partial charge in [-0.1, -0.05) is 30.7 Å². The first-order valence-corrected chi connectivity index (χ1v) is 11.1. The first-order chi connectivity index (χ1) is 16.1. The van der Waals surface area contributed by atoms with Crippen LogP contribution in [0.5, 0.6) is 0 Å². The molecule has 0 aromatic carbocycles. The molecule has 1 aliphatic carbocycles. The van der Waals surface area contributed by atoms with Crippen molar-refractivity contribution in [1.82, 2.24) is 29.2 Å².